The number of ether oxygens (including phenoxy) is 1. The molecule has 0 aromatic carbocycles. The summed E-state index contributed by atoms with van der Waals surface area (Å²) in [5.74, 6) is 1.69. The van der Waals surface area contributed by atoms with Gasteiger partial charge in [-0.3, -0.25) is 0 Å². The molecule has 1 N–H and O–H groups in total. The Hall–Kier alpha value is -2.57. The van der Waals surface area contributed by atoms with E-state index < -0.39 is 0 Å². The van der Waals surface area contributed by atoms with Crippen molar-refractivity contribution in [3.8, 4) is 5.88 Å². The fourth-order valence-electron chi connectivity index (χ4n) is 2.89. The number of furan rings is 1. The molecule has 2 atom stereocenters. The predicted molar refractivity (Wildman–Crippen MR) is 84.2 cm³/mol. The number of anilines is 1. The molecule has 2 aromatic heterocycles. The lowest BCUT2D eigenvalue weighted by molar-refractivity contribution is 0.129. The van der Waals surface area contributed by atoms with Crippen LogP contribution in [0.5, 0.6) is 5.88 Å². The van der Waals surface area contributed by atoms with E-state index in [0.29, 0.717) is 24.0 Å². The van der Waals surface area contributed by atoms with Crippen LogP contribution < -0.4 is 10.1 Å². The van der Waals surface area contributed by atoms with E-state index >= 15 is 0 Å². The number of amides is 2. The van der Waals surface area contributed by atoms with E-state index in [1.54, 1.807) is 11.2 Å². The molecule has 0 aliphatic carbocycles. The first-order chi connectivity index (χ1) is 11.2. The highest BCUT2D eigenvalue weighted by molar-refractivity contribution is 5.90. The molecule has 1 aliphatic heterocycles. The third-order valence-electron chi connectivity index (χ3n) is 4.11. The second-order valence-electron chi connectivity index (χ2n) is 5.73. The molecule has 0 saturated carbocycles. The topological polar surface area (TPSA) is 80.5 Å². The number of piperidine rings is 1. The molecule has 1 aliphatic rings. The van der Waals surface area contributed by atoms with Crippen molar-refractivity contribution in [2.24, 2.45) is 5.92 Å². The van der Waals surface area contributed by atoms with Crippen molar-refractivity contribution in [1.82, 2.24) is 14.9 Å². The van der Waals surface area contributed by atoms with E-state index in [1.165, 1.54) is 19.6 Å². The van der Waals surface area contributed by atoms with Gasteiger partial charge in [-0.1, -0.05) is 6.92 Å². The lowest BCUT2D eigenvalue weighted by atomic mass is 9.91. The minimum Gasteiger partial charge on any atom is -0.479 e. The van der Waals surface area contributed by atoms with Gasteiger partial charge in [0.2, 0.25) is 5.88 Å². The predicted octanol–water partition coefficient (Wildman–Crippen LogP) is 3.08. The normalized spacial score (nSPS) is 21.0. The molecule has 0 spiro atoms. The van der Waals surface area contributed by atoms with Gasteiger partial charge in [0.1, 0.15) is 17.8 Å². The molecule has 3 heterocycles. The number of nitrogens with one attached hydrogen (secondary N) is 1. The van der Waals surface area contributed by atoms with Gasteiger partial charge in [0, 0.05) is 6.54 Å². The fraction of sp³-hybridized carbons (Fsp3) is 0.438. The van der Waals surface area contributed by atoms with Gasteiger partial charge < -0.3 is 19.4 Å². The van der Waals surface area contributed by atoms with Gasteiger partial charge in [0.05, 0.1) is 25.6 Å². The molecule has 0 bridgehead atoms. The Kier molecular flexibility index (Phi) is 4.45. The zero-order valence-electron chi connectivity index (χ0n) is 13.2. The van der Waals surface area contributed by atoms with Crippen LogP contribution in [0.3, 0.4) is 0 Å². The summed E-state index contributed by atoms with van der Waals surface area (Å²) in [4.78, 5) is 22.4. The van der Waals surface area contributed by atoms with Gasteiger partial charge in [-0.25, -0.2) is 9.78 Å². The number of nitrogens with zero attached hydrogens (tertiary/aromatic N) is 3. The van der Waals surface area contributed by atoms with E-state index in [0.717, 1.165) is 18.6 Å². The number of carbonyl (C=O) groups is 1. The third-order valence-corrected chi connectivity index (χ3v) is 4.11. The highest BCUT2D eigenvalue weighted by atomic mass is 16.5. The monoisotopic (exact) mass is 316 g/mol. The number of hydrogen-bond acceptors (Lipinski definition) is 5. The van der Waals surface area contributed by atoms with Crippen molar-refractivity contribution in [2.45, 2.75) is 25.8 Å². The summed E-state index contributed by atoms with van der Waals surface area (Å²) in [6.45, 7) is 2.87. The Morgan fingerprint density at radius 2 is 2.39 bits per heavy atom. The minimum absolute atomic E-state index is 0.0654. The Morgan fingerprint density at radius 1 is 1.52 bits per heavy atom. The third kappa shape index (κ3) is 3.28. The van der Waals surface area contributed by atoms with Crippen LogP contribution in [0.1, 0.15) is 31.6 Å². The van der Waals surface area contributed by atoms with Crippen LogP contribution in [-0.2, 0) is 0 Å². The standard InChI is InChI=1S/C16H20N4O3/c1-11-5-6-20(13(8-11)14-4-3-7-23-14)16(21)19-12-9-17-10-18-15(12)22-2/h3-4,7,9-11,13H,5-6,8H2,1-2H3,(H,19,21). The molecule has 2 aromatic rings. The second-order valence-corrected chi connectivity index (χ2v) is 5.73. The zero-order chi connectivity index (χ0) is 16.2. The Labute approximate surface area is 134 Å². The van der Waals surface area contributed by atoms with Crippen molar-refractivity contribution in [2.75, 3.05) is 19.0 Å². The summed E-state index contributed by atoms with van der Waals surface area (Å²) in [7, 11) is 1.51. The summed E-state index contributed by atoms with van der Waals surface area (Å²) in [5.41, 5.74) is 0.455. The van der Waals surface area contributed by atoms with Gasteiger partial charge in [-0.2, -0.15) is 4.98 Å². The van der Waals surface area contributed by atoms with Gasteiger partial charge in [-0.15, -0.1) is 0 Å². The Bertz CT molecular complexity index is 659. The first kappa shape index (κ1) is 15.3. The van der Waals surface area contributed by atoms with Crippen molar-refractivity contribution >= 4 is 11.7 Å². The van der Waals surface area contributed by atoms with Crippen molar-refractivity contribution in [1.29, 1.82) is 0 Å². The molecule has 23 heavy (non-hydrogen) atoms. The van der Waals surface area contributed by atoms with E-state index in [9.17, 15) is 4.79 Å². The first-order valence-corrected chi connectivity index (χ1v) is 7.64. The van der Waals surface area contributed by atoms with E-state index in [4.69, 9.17) is 9.15 Å². The molecule has 1 fully saturated rings. The highest BCUT2D eigenvalue weighted by Gasteiger charge is 2.33. The summed E-state index contributed by atoms with van der Waals surface area (Å²) < 4.78 is 10.7. The maximum Gasteiger partial charge on any atom is 0.322 e. The number of rotatable bonds is 3. The lowest BCUT2D eigenvalue weighted by Crippen LogP contribution is -2.42. The molecular weight excluding hydrogens is 296 g/mol. The number of likely N-dealkylation sites (tertiary alicyclic amines) is 1. The molecule has 7 nitrogen and oxygen atoms in total. The molecule has 7 heteroatoms. The molecule has 122 valence electrons. The van der Waals surface area contributed by atoms with Crippen LogP contribution in [0, 0.1) is 5.92 Å². The van der Waals surface area contributed by atoms with Crippen molar-refractivity contribution in [3.05, 3.63) is 36.7 Å². The molecule has 1 saturated heterocycles. The van der Waals surface area contributed by atoms with E-state index in [1.807, 2.05) is 12.1 Å². The van der Waals surface area contributed by atoms with Crippen LogP contribution in [0.15, 0.2) is 35.3 Å². The van der Waals surface area contributed by atoms with Gasteiger partial charge in [0.15, 0.2) is 0 Å². The van der Waals surface area contributed by atoms with Crippen LogP contribution in [0.2, 0.25) is 0 Å². The number of hydrogen-bond donors (Lipinski definition) is 1. The first-order valence-electron chi connectivity index (χ1n) is 7.64. The summed E-state index contributed by atoms with van der Waals surface area (Å²) >= 11 is 0. The molecule has 2 amide bonds. The number of carbonyl (C=O) groups excluding carboxylic acids is 1. The minimum atomic E-state index is -0.202. The summed E-state index contributed by atoms with van der Waals surface area (Å²) in [6.07, 6.45) is 6.39. The summed E-state index contributed by atoms with van der Waals surface area (Å²) in [5, 5.41) is 2.83. The molecule has 0 radical (unpaired) electrons. The van der Waals surface area contributed by atoms with Crippen molar-refractivity contribution < 1.29 is 13.9 Å². The Balaban J connectivity index is 1.79. The summed E-state index contributed by atoms with van der Waals surface area (Å²) in [6, 6.07) is 3.49. The average Bonchev–Trinajstić information content (AvgIpc) is 3.09. The van der Waals surface area contributed by atoms with Crippen molar-refractivity contribution in [3.63, 3.8) is 0 Å². The SMILES string of the molecule is COc1ncncc1NC(=O)N1CCC(C)CC1c1ccco1. The van der Waals surface area contributed by atoms with Gasteiger partial charge in [0.25, 0.3) is 0 Å². The zero-order valence-corrected chi connectivity index (χ0v) is 13.2. The number of urea groups is 1. The molecule has 2 unspecified atom stereocenters. The van der Waals surface area contributed by atoms with Crippen LogP contribution in [0.4, 0.5) is 10.5 Å². The van der Waals surface area contributed by atoms with Crippen LogP contribution >= 0.6 is 0 Å². The van der Waals surface area contributed by atoms with E-state index in [-0.39, 0.29) is 12.1 Å². The maximum atomic E-state index is 12.7. The second kappa shape index (κ2) is 6.68. The smallest absolute Gasteiger partial charge is 0.322 e. The molecule has 3 rings (SSSR count). The highest BCUT2D eigenvalue weighted by Crippen LogP contribution is 2.35. The average molecular weight is 316 g/mol. The maximum absolute atomic E-state index is 12.7. The number of aromatic nitrogens is 2. The number of methoxy groups -OCH3 is 1. The van der Waals surface area contributed by atoms with Gasteiger partial charge >= 0.3 is 6.03 Å². The van der Waals surface area contributed by atoms with Crippen LogP contribution in [0.25, 0.3) is 0 Å². The lowest BCUT2D eigenvalue weighted by Gasteiger charge is -2.37. The largest absolute Gasteiger partial charge is 0.479 e. The quantitative estimate of drug-likeness (QED) is 0.941. The van der Waals surface area contributed by atoms with E-state index in [2.05, 4.69) is 22.2 Å². The van der Waals surface area contributed by atoms with Crippen LogP contribution in [-0.4, -0.2) is 34.6 Å². The fourth-order valence-corrected chi connectivity index (χ4v) is 2.89. The Morgan fingerprint density at radius 3 is 3.13 bits per heavy atom. The molecular formula is C16H20N4O3. The van der Waals surface area contributed by atoms with Gasteiger partial charge in [-0.05, 0) is 30.9 Å².